The number of hydrogen-bond donors (Lipinski definition) is 2. The molecule has 0 bridgehead atoms. The van der Waals surface area contributed by atoms with Gasteiger partial charge >= 0.3 is 0 Å². The van der Waals surface area contributed by atoms with Gasteiger partial charge in [0.1, 0.15) is 10.7 Å². The molecule has 2 heterocycles. The zero-order valence-corrected chi connectivity index (χ0v) is 12.2. The minimum atomic E-state index is -3.64. The van der Waals surface area contributed by atoms with Gasteiger partial charge in [-0.3, -0.25) is 0 Å². The summed E-state index contributed by atoms with van der Waals surface area (Å²) in [4.78, 5) is 3.80. The molecule has 1 aliphatic rings. The first-order valence-electron chi connectivity index (χ1n) is 6.04. The molecule has 19 heavy (non-hydrogen) atoms. The number of pyridine rings is 1. The summed E-state index contributed by atoms with van der Waals surface area (Å²) < 4.78 is 26.7. The summed E-state index contributed by atoms with van der Waals surface area (Å²) in [5.41, 5.74) is 5.67. The Labute approximate surface area is 118 Å². The Morgan fingerprint density at radius 2 is 2.37 bits per heavy atom. The maximum Gasteiger partial charge on any atom is 0.247 e. The van der Waals surface area contributed by atoms with Crippen LogP contribution in [0, 0.1) is 0 Å². The first kappa shape index (κ1) is 14.5. The number of hydrogen-bond acceptors (Lipinski definition) is 5. The maximum atomic E-state index is 12.6. The van der Waals surface area contributed by atoms with Crippen molar-refractivity contribution in [3.63, 3.8) is 0 Å². The van der Waals surface area contributed by atoms with Gasteiger partial charge in [-0.15, -0.1) is 0 Å². The van der Waals surface area contributed by atoms with Gasteiger partial charge < -0.3 is 11.1 Å². The van der Waals surface area contributed by atoms with Crippen LogP contribution in [0.5, 0.6) is 0 Å². The highest BCUT2D eigenvalue weighted by molar-refractivity contribution is 7.89. The normalized spacial score (nSPS) is 20.8. The van der Waals surface area contributed by atoms with E-state index in [1.165, 1.54) is 16.6 Å². The number of nitrogen functional groups attached to an aromatic ring is 1. The molecule has 106 valence electrons. The number of nitrogens with two attached hydrogens (primary N) is 1. The Hall–Kier alpha value is -0.890. The summed E-state index contributed by atoms with van der Waals surface area (Å²) in [6.07, 6.45) is 3.03. The minimum Gasteiger partial charge on any atom is -0.383 e. The molecule has 8 heteroatoms. The van der Waals surface area contributed by atoms with Gasteiger partial charge in [0, 0.05) is 25.3 Å². The van der Waals surface area contributed by atoms with Gasteiger partial charge in [-0.05, 0) is 26.0 Å². The topological polar surface area (TPSA) is 88.3 Å². The van der Waals surface area contributed by atoms with Crippen LogP contribution in [0.2, 0.25) is 5.02 Å². The zero-order chi connectivity index (χ0) is 14.0. The molecule has 1 aromatic heterocycles. The van der Waals surface area contributed by atoms with Crippen molar-refractivity contribution in [3.05, 3.63) is 17.3 Å². The minimum absolute atomic E-state index is 0.0111. The molecular formula is C11H17ClN4O2S. The van der Waals surface area contributed by atoms with Crippen molar-refractivity contribution >= 4 is 27.4 Å². The van der Waals surface area contributed by atoms with E-state index >= 15 is 0 Å². The van der Waals surface area contributed by atoms with Gasteiger partial charge in [0.15, 0.2) is 0 Å². The van der Waals surface area contributed by atoms with Crippen molar-refractivity contribution in [2.75, 3.05) is 25.9 Å². The molecule has 1 aliphatic heterocycles. The van der Waals surface area contributed by atoms with Crippen LogP contribution >= 0.6 is 11.6 Å². The van der Waals surface area contributed by atoms with Crippen LogP contribution in [-0.2, 0) is 10.0 Å². The quantitative estimate of drug-likeness (QED) is 0.854. The first-order chi connectivity index (χ1) is 8.96. The van der Waals surface area contributed by atoms with Gasteiger partial charge in [0.2, 0.25) is 10.0 Å². The predicted molar refractivity (Wildman–Crippen MR) is 74.5 cm³/mol. The van der Waals surface area contributed by atoms with Gasteiger partial charge in [0.05, 0.1) is 5.02 Å². The van der Waals surface area contributed by atoms with E-state index in [1.54, 1.807) is 7.05 Å². The number of halogens is 1. The molecule has 1 aromatic rings. The van der Waals surface area contributed by atoms with Gasteiger partial charge in [0.25, 0.3) is 0 Å². The van der Waals surface area contributed by atoms with E-state index in [2.05, 4.69) is 10.3 Å². The second kappa shape index (κ2) is 5.62. The molecular weight excluding hydrogens is 288 g/mol. The third kappa shape index (κ3) is 2.84. The number of anilines is 1. The van der Waals surface area contributed by atoms with Crippen LogP contribution in [0.15, 0.2) is 17.2 Å². The zero-order valence-electron chi connectivity index (χ0n) is 10.6. The summed E-state index contributed by atoms with van der Waals surface area (Å²) in [5.74, 6) is -0.0143. The van der Waals surface area contributed by atoms with Crippen molar-refractivity contribution < 1.29 is 8.42 Å². The number of sulfonamides is 1. The second-order valence-corrected chi connectivity index (χ2v) is 6.80. The Morgan fingerprint density at radius 3 is 3.05 bits per heavy atom. The molecule has 3 N–H and O–H groups in total. The van der Waals surface area contributed by atoms with Gasteiger partial charge in [-0.25, -0.2) is 13.4 Å². The van der Waals surface area contributed by atoms with E-state index < -0.39 is 10.0 Å². The van der Waals surface area contributed by atoms with Crippen LogP contribution in [-0.4, -0.2) is 43.9 Å². The number of likely N-dealkylation sites (N-methyl/N-ethyl adjacent to an activating group) is 1. The third-order valence-corrected chi connectivity index (χ3v) is 5.39. The predicted octanol–water partition coefficient (Wildman–Crippen LogP) is 0.690. The van der Waals surface area contributed by atoms with Gasteiger partial charge in [-0.1, -0.05) is 11.6 Å². The highest BCUT2D eigenvalue weighted by Crippen LogP contribution is 2.29. The third-order valence-electron chi connectivity index (χ3n) is 3.20. The Kier molecular flexibility index (Phi) is 4.29. The molecule has 0 aliphatic carbocycles. The molecule has 0 radical (unpaired) electrons. The fraction of sp³-hybridized carbons (Fsp3) is 0.545. The van der Waals surface area contributed by atoms with Crippen LogP contribution < -0.4 is 11.1 Å². The van der Waals surface area contributed by atoms with E-state index in [0.29, 0.717) is 13.1 Å². The van der Waals surface area contributed by atoms with E-state index in [-0.39, 0.29) is 21.8 Å². The molecule has 1 fully saturated rings. The summed E-state index contributed by atoms with van der Waals surface area (Å²) in [6.45, 7) is 1.12. The second-order valence-electron chi connectivity index (χ2n) is 4.51. The fourth-order valence-electron chi connectivity index (χ4n) is 2.33. The monoisotopic (exact) mass is 304 g/mol. The number of aromatic nitrogens is 1. The summed E-state index contributed by atoms with van der Waals surface area (Å²) in [6, 6.07) is 1.31. The number of nitrogens with one attached hydrogen (secondary N) is 1. The van der Waals surface area contributed by atoms with Crippen molar-refractivity contribution in [1.82, 2.24) is 14.6 Å². The lowest BCUT2D eigenvalue weighted by molar-refractivity contribution is 0.379. The van der Waals surface area contributed by atoms with E-state index in [1.807, 2.05) is 0 Å². The van der Waals surface area contributed by atoms with Gasteiger partial charge in [-0.2, -0.15) is 4.31 Å². The molecule has 1 saturated heterocycles. The Morgan fingerprint density at radius 1 is 1.63 bits per heavy atom. The molecule has 0 aromatic carbocycles. The van der Waals surface area contributed by atoms with E-state index in [0.717, 1.165) is 12.8 Å². The molecule has 0 saturated carbocycles. The summed E-state index contributed by atoms with van der Waals surface area (Å²) in [7, 11) is -1.84. The van der Waals surface area contributed by atoms with Crippen molar-refractivity contribution in [2.24, 2.45) is 0 Å². The molecule has 0 spiro atoms. The largest absolute Gasteiger partial charge is 0.383 e. The lowest BCUT2D eigenvalue weighted by atomic mass is 10.2. The van der Waals surface area contributed by atoms with Crippen molar-refractivity contribution in [3.8, 4) is 0 Å². The average Bonchev–Trinajstić information content (AvgIpc) is 2.81. The highest BCUT2D eigenvalue weighted by Gasteiger charge is 2.36. The maximum absolute atomic E-state index is 12.6. The average molecular weight is 305 g/mol. The summed E-state index contributed by atoms with van der Waals surface area (Å²) >= 11 is 5.81. The molecule has 0 amide bonds. The molecule has 0 unspecified atom stereocenters. The van der Waals surface area contributed by atoms with Crippen LogP contribution in [0.25, 0.3) is 0 Å². The van der Waals surface area contributed by atoms with Crippen LogP contribution in [0.4, 0.5) is 5.82 Å². The standard InChI is InChI=1S/C11H17ClN4O2S/c1-14-7-9-3-2-4-16(9)19(17,18)10-5-8(12)6-15-11(10)13/h5-6,9,14H,2-4,7H2,1H3,(H2,13,15)/t9-/m1/s1. The highest BCUT2D eigenvalue weighted by atomic mass is 35.5. The summed E-state index contributed by atoms with van der Waals surface area (Å²) in [5, 5.41) is 3.27. The van der Waals surface area contributed by atoms with Crippen molar-refractivity contribution in [1.29, 1.82) is 0 Å². The molecule has 1 atom stereocenters. The van der Waals surface area contributed by atoms with Crippen LogP contribution in [0.1, 0.15) is 12.8 Å². The number of nitrogens with zero attached hydrogens (tertiary/aromatic N) is 2. The smallest absolute Gasteiger partial charge is 0.247 e. The SMILES string of the molecule is CNC[C@H]1CCCN1S(=O)(=O)c1cc(Cl)cnc1N. The molecule has 6 nitrogen and oxygen atoms in total. The van der Waals surface area contributed by atoms with Crippen molar-refractivity contribution in [2.45, 2.75) is 23.8 Å². The van der Waals surface area contributed by atoms with E-state index in [9.17, 15) is 8.42 Å². The Balaban J connectivity index is 2.39. The molecule has 2 rings (SSSR count). The first-order valence-corrected chi connectivity index (χ1v) is 7.86. The number of rotatable bonds is 4. The lowest BCUT2D eigenvalue weighted by Gasteiger charge is -2.24. The lowest BCUT2D eigenvalue weighted by Crippen LogP contribution is -2.41. The van der Waals surface area contributed by atoms with E-state index in [4.69, 9.17) is 17.3 Å². The fourth-order valence-corrected chi connectivity index (χ4v) is 4.34. The van der Waals surface area contributed by atoms with Crippen LogP contribution in [0.3, 0.4) is 0 Å². The Bertz CT molecular complexity index is 564.